The van der Waals surface area contributed by atoms with Crippen LogP contribution in [-0.4, -0.2) is 53.6 Å². The number of nitrogens with one attached hydrogen (secondary N) is 1. The van der Waals surface area contributed by atoms with E-state index in [1.807, 2.05) is 24.3 Å². The fraction of sp³-hybridized carbons (Fsp3) is 0.464. The zero-order valence-corrected chi connectivity index (χ0v) is 21.4. The maximum absolute atomic E-state index is 12.3. The summed E-state index contributed by atoms with van der Waals surface area (Å²) in [5, 5.41) is 2.32. The Labute approximate surface area is 215 Å². The zero-order valence-electron chi connectivity index (χ0n) is 21.4. The third-order valence-corrected chi connectivity index (χ3v) is 6.64. The van der Waals surface area contributed by atoms with Gasteiger partial charge in [0.15, 0.2) is 0 Å². The first-order valence-corrected chi connectivity index (χ1v) is 12.4. The highest BCUT2D eigenvalue weighted by Crippen LogP contribution is 2.23. The average molecular weight is 519 g/mol. The second-order valence-corrected chi connectivity index (χ2v) is 10.0. The highest BCUT2D eigenvalue weighted by atomic mass is 19.4. The van der Waals surface area contributed by atoms with E-state index in [9.17, 15) is 27.6 Å². The highest BCUT2D eigenvalue weighted by Gasteiger charge is 2.45. The molecule has 1 unspecified atom stereocenters. The normalized spacial score (nSPS) is 16.4. The van der Waals surface area contributed by atoms with Crippen LogP contribution in [0.15, 0.2) is 48.5 Å². The van der Waals surface area contributed by atoms with Crippen molar-refractivity contribution in [2.75, 3.05) is 13.1 Å². The first-order chi connectivity index (χ1) is 17.3. The third kappa shape index (κ3) is 8.15. The molecule has 1 atom stereocenters. The smallest absolute Gasteiger partial charge is 0.385 e. The summed E-state index contributed by atoms with van der Waals surface area (Å²) < 4.78 is 40.7. The molecule has 1 N–H and O–H groups in total. The summed E-state index contributed by atoms with van der Waals surface area (Å²) in [4.78, 5) is 37.5. The Morgan fingerprint density at radius 2 is 1.46 bits per heavy atom. The van der Waals surface area contributed by atoms with Crippen molar-refractivity contribution in [3.63, 3.8) is 0 Å². The number of hydrogen-bond acceptors (Lipinski definition) is 5. The van der Waals surface area contributed by atoms with Crippen LogP contribution in [0.25, 0.3) is 11.1 Å². The topological polar surface area (TPSA) is 75.7 Å². The van der Waals surface area contributed by atoms with Gasteiger partial charge in [0.1, 0.15) is 5.54 Å². The number of ether oxygens (including phenoxy) is 1. The number of benzene rings is 2. The lowest BCUT2D eigenvalue weighted by molar-refractivity contribution is -0.203. The van der Waals surface area contributed by atoms with Gasteiger partial charge in [0.2, 0.25) is 5.91 Å². The van der Waals surface area contributed by atoms with Crippen molar-refractivity contribution in [3.05, 3.63) is 59.7 Å². The minimum atomic E-state index is -5.30. The van der Waals surface area contributed by atoms with Crippen LogP contribution in [0, 0.1) is 0 Å². The summed E-state index contributed by atoms with van der Waals surface area (Å²) in [5.74, 6) is -4.65. The van der Waals surface area contributed by atoms with Gasteiger partial charge in [-0.15, -0.1) is 0 Å². The first kappa shape index (κ1) is 28.4. The van der Waals surface area contributed by atoms with Crippen LogP contribution in [0.5, 0.6) is 0 Å². The largest absolute Gasteiger partial charge is 0.491 e. The minimum absolute atomic E-state index is 0.00755. The zero-order chi connectivity index (χ0) is 27.2. The summed E-state index contributed by atoms with van der Waals surface area (Å²) >= 11 is 0. The van der Waals surface area contributed by atoms with Crippen molar-refractivity contribution >= 4 is 17.8 Å². The molecule has 37 heavy (non-hydrogen) atoms. The standard InChI is InChI=1S/C28H33F3N2O4/c1-19-5-4-17-33(19)18-16-21-8-13-23(14-9-21)22-11-6-20(7-12-22)10-15-24(34)32-27(2,3)25(35)37-26(36)28(29,30)31/h6-9,11-14,19H,4-5,10,15-18H2,1-3H3,(H,32,34). The molecule has 2 aromatic carbocycles. The van der Waals surface area contributed by atoms with E-state index in [1.54, 1.807) is 0 Å². The predicted molar refractivity (Wildman–Crippen MR) is 134 cm³/mol. The van der Waals surface area contributed by atoms with Gasteiger partial charge in [-0.05, 0) is 75.3 Å². The minimum Gasteiger partial charge on any atom is -0.385 e. The number of likely N-dealkylation sites (tertiary alicyclic amines) is 1. The molecule has 9 heteroatoms. The SMILES string of the molecule is CC1CCCN1CCc1ccc(-c2ccc(CCC(=O)NC(C)(C)C(=O)OC(=O)C(F)(F)F)cc2)cc1. The maximum atomic E-state index is 12.3. The van der Waals surface area contributed by atoms with Crippen molar-refractivity contribution in [2.24, 2.45) is 0 Å². The van der Waals surface area contributed by atoms with Gasteiger partial charge in [0.05, 0.1) is 0 Å². The van der Waals surface area contributed by atoms with E-state index in [1.165, 1.54) is 38.8 Å². The Bertz CT molecular complexity index is 1100. The Hall–Kier alpha value is -3.20. The Kier molecular flexibility index (Phi) is 9.12. The lowest BCUT2D eigenvalue weighted by Gasteiger charge is -2.23. The van der Waals surface area contributed by atoms with Crippen molar-refractivity contribution in [2.45, 2.75) is 70.6 Å². The number of rotatable bonds is 9. The molecule has 1 heterocycles. The lowest BCUT2D eigenvalue weighted by Crippen LogP contribution is -2.52. The van der Waals surface area contributed by atoms with E-state index in [-0.39, 0.29) is 6.42 Å². The number of carbonyl (C=O) groups is 3. The Balaban J connectivity index is 1.47. The van der Waals surface area contributed by atoms with Crippen LogP contribution >= 0.6 is 0 Å². The molecule has 3 rings (SSSR count). The monoisotopic (exact) mass is 518 g/mol. The van der Waals surface area contributed by atoms with Gasteiger partial charge in [-0.3, -0.25) is 4.79 Å². The van der Waals surface area contributed by atoms with E-state index < -0.39 is 29.6 Å². The molecular weight excluding hydrogens is 485 g/mol. The molecular formula is C28H33F3N2O4. The molecule has 1 amide bonds. The van der Waals surface area contributed by atoms with E-state index in [2.05, 4.69) is 46.1 Å². The van der Waals surface area contributed by atoms with Crippen molar-refractivity contribution < 1.29 is 32.3 Å². The Morgan fingerprint density at radius 1 is 0.919 bits per heavy atom. The van der Waals surface area contributed by atoms with E-state index in [4.69, 9.17) is 0 Å². The molecule has 0 bridgehead atoms. The van der Waals surface area contributed by atoms with Crippen molar-refractivity contribution in [1.29, 1.82) is 0 Å². The van der Waals surface area contributed by atoms with Crippen LogP contribution in [0.2, 0.25) is 0 Å². The average Bonchev–Trinajstić information content (AvgIpc) is 3.25. The van der Waals surface area contributed by atoms with Gasteiger partial charge in [-0.2, -0.15) is 13.2 Å². The summed E-state index contributed by atoms with van der Waals surface area (Å²) in [7, 11) is 0. The predicted octanol–water partition coefficient (Wildman–Crippen LogP) is 4.84. The van der Waals surface area contributed by atoms with E-state index in [0.717, 1.165) is 29.7 Å². The van der Waals surface area contributed by atoms with E-state index >= 15 is 0 Å². The van der Waals surface area contributed by atoms with Gasteiger partial charge in [-0.25, -0.2) is 9.59 Å². The first-order valence-electron chi connectivity index (χ1n) is 12.4. The summed E-state index contributed by atoms with van der Waals surface area (Å²) in [5.41, 5.74) is 2.55. The molecule has 0 saturated carbocycles. The van der Waals surface area contributed by atoms with Gasteiger partial charge in [0, 0.05) is 19.0 Å². The summed E-state index contributed by atoms with van der Waals surface area (Å²) in [6.45, 7) is 6.88. The summed E-state index contributed by atoms with van der Waals surface area (Å²) in [6, 6.07) is 17.0. The molecule has 1 aliphatic heterocycles. The lowest BCUT2D eigenvalue weighted by atomic mass is 10.00. The maximum Gasteiger partial charge on any atom is 0.491 e. The molecule has 0 aliphatic carbocycles. The number of aryl methyl sites for hydroxylation is 1. The molecule has 2 aromatic rings. The van der Waals surface area contributed by atoms with Crippen molar-refractivity contribution in [1.82, 2.24) is 10.2 Å². The number of carbonyl (C=O) groups excluding carboxylic acids is 3. The number of esters is 2. The van der Waals surface area contributed by atoms with Gasteiger partial charge in [0.25, 0.3) is 0 Å². The van der Waals surface area contributed by atoms with Crippen molar-refractivity contribution in [3.8, 4) is 11.1 Å². The van der Waals surface area contributed by atoms with Crippen LogP contribution in [0.4, 0.5) is 13.2 Å². The second kappa shape index (κ2) is 11.9. The highest BCUT2D eigenvalue weighted by molar-refractivity contribution is 5.95. The molecule has 0 aromatic heterocycles. The van der Waals surface area contributed by atoms with Gasteiger partial charge in [-0.1, -0.05) is 48.5 Å². The van der Waals surface area contributed by atoms with Crippen LogP contribution in [0.3, 0.4) is 0 Å². The fourth-order valence-electron chi connectivity index (χ4n) is 4.31. The molecule has 1 fully saturated rings. The molecule has 1 aliphatic rings. The third-order valence-electron chi connectivity index (χ3n) is 6.64. The number of halogens is 3. The van der Waals surface area contributed by atoms with Crippen LogP contribution in [-0.2, 0) is 32.0 Å². The number of alkyl halides is 3. The number of hydrogen-bond donors (Lipinski definition) is 1. The Morgan fingerprint density at radius 3 is 1.95 bits per heavy atom. The second-order valence-electron chi connectivity index (χ2n) is 10.0. The number of nitrogens with zero attached hydrogens (tertiary/aromatic N) is 1. The molecule has 1 saturated heterocycles. The quantitative estimate of drug-likeness (QED) is 0.380. The van der Waals surface area contributed by atoms with Gasteiger partial charge < -0.3 is 15.0 Å². The number of amides is 1. The van der Waals surface area contributed by atoms with Gasteiger partial charge >= 0.3 is 18.1 Å². The fourth-order valence-corrected chi connectivity index (χ4v) is 4.31. The molecule has 200 valence electrons. The molecule has 0 spiro atoms. The summed E-state index contributed by atoms with van der Waals surface area (Å²) in [6.07, 6.45) is -1.34. The van der Waals surface area contributed by atoms with E-state index in [0.29, 0.717) is 12.5 Å². The molecule has 0 radical (unpaired) electrons. The van der Waals surface area contributed by atoms with Crippen LogP contribution < -0.4 is 5.32 Å². The van der Waals surface area contributed by atoms with Crippen LogP contribution in [0.1, 0.15) is 51.2 Å². The molecule has 6 nitrogen and oxygen atoms in total.